The van der Waals surface area contributed by atoms with Crippen molar-refractivity contribution in [3.63, 3.8) is 0 Å². The summed E-state index contributed by atoms with van der Waals surface area (Å²) >= 11 is 0. The molecule has 1 atom stereocenters. The van der Waals surface area contributed by atoms with Gasteiger partial charge in [0.2, 0.25) is 5.89 Å². The number of nitrogens with one attached hydrogen (secondary N) is 2. The molecule has 0 aliphatic heterocycles. The number of nitrogens with zero attached hydrogens (tertiary/aromatic N) is 2. The summed E-state index contributed by atoms with van der Waals surface area (Å²) in [7, 11) is 0. The van der Waals surface area contributed by atoms with Crippen LogP contribution in [0.1, 0.15) is 37.9 Å². The Morgan fingerprint density at radius 1 is 1.29 bits per heavy atom. The molecule has 0 aliphatic rings. The molecule has 1 rings (SSSR count). The van der Waals surface area contributed by atoms with Crippen molar-refractivity contribution in [2.24, 2.45) is 5.92 Å². The molecule has 118 valence electrons. The Morgan fingerprint density at radius 2 is 2.00 bits per heavy atom. The lowest BCUT2D eigenvalue weighted by atomic mass is 10.0. The summed E-state index contributed by atoms with van der Waals surface area (Å²) in [5.41, 5.74) is 0. The minimum atomic E-state index is -0.788. The lowest BCUT2D eigenvalue weighted by Crippen LogP contribution is -2.37. The molecule has 0 spiro atoms. The van der Waals surface area contributed by atoms with Gasteiger partial charge in [-0.25, -0.2) is 4.79 Å². The van der Waals surface area contributed by atoms with E-state index in [2.05, 4.69) is 20.8 Å². The summed E-state index contributed by atoms with van der Waals surface area (Å²) < 4.78 is 4.82. The molecule has 1 heterocycles. The van der Waals surface area contributed by atoms with Crippen molar-refractivity contribution in [3.05, 3.63) is 11.7 Å². The molecule has 0 fully saturated rings. The first-order valence-electron chi connectivity index (χ1n) is 7.00. The van der Waals surface area contributed by atoms with Crippen LogP contribution in [0.3, 0.4) is 0 Å². The van der Waals surface area contributed by atoms with Gasteiger partial charge < -0.3 is 20.3 Å². The van der Waals surface area contributed by atoms with Gasteiger partial charge >= 0.3 is 12.0 Å². The van der Waals surface area contributed by atoms with Crippen molar-refractivity contribution in [2.75, 3.05) is 13.1 Å². The van der Waals surface area contributed by atoms with E-state index >= 15 is 0 Å². The van der Waals surface area contributed by atoms with Crippen LogP contribution < -0.4 is 10.6 Å². The molecule has 1 aromatic heterocycles. The second kappa shape index (κ2) is 8.93. The highest BCUT2D eigenvalue weighted by atomic mass is 16.5. The van der Waals surface area contributed by atoms with Crippen LogP contribution >= 0.6 is 0 Å². The first-order chi connectivity index (χ1) is 9.97. The van der Waals surface area contributed by atoms with E-state index in [0.717, 1.165) is 6.42 Å². The van der Waals surface area contributed by atoms with Crippen LogP contribution in [0.25, 0.3) is 0 Å². The highest BCUT2D eigenvalue weighted by Gasteiger charge is 2.07. The Morgan fingerprint density at radius 3 is 2.62 bits per heavy atom. The first-order valence-corrected chi connectivity index (χ1v) is 7.00. The van der Waals surface area contributed by atoms with E-state index < -0.39 is 5.97 Å². The molecule has 1 unspecified atom stereocenters. The molecular weight excluding hydrogens is 276 g/mol. The molecule has 8 heteroatoms. The lowest BCUT2D eigenvalue weighted by molar-refractivity contribution is -0.137. The summed E-state index contributed by atoms with van der Waals surface area (Å²) in [5.74, 6) is 0.549. The molecule has 0 aliphatic carbocycles. The predicted molar refractivity (Wildman–Crippen MR) is 74.8 cm³/mol. The molecule has 0 radical (unpaired) electrons. The number of hydrogen-bond donors (Lipinski definition) is 3. The highest BCUT2D eigenvalue weighted by molar-refractivity contribution is 5.73. The van der Waals surface area contributed by atoms with Gasteiger partial charge in [-0.05, 0) is 18.8 Å². The smallest absolute Gasteiger partial charge is 0.314 e. The molecule has 0 saturated carbocycles. The second-order valence-corrected chi connectivity index (χ2v) is 4.99. The average Bonchev–Trinajstić information content (AvgIpc) is 2.82. The van der Waals surface area contributed by atoms with Gasteiger partial charge in [0.1, 0.15) is 0 Å². The molecule has 0 aromatic carbocycles. The van der Waals surface area contributed by atoms with Gasteiger partial charge in [0.25, 0.3) is 0 Å². The number of urea groups is 1. The minimum absolute atomic E-state index is 0.164. The van der Waals surface area contributed by atoms with Gasteiger partial charge in [0.05, 0.1) is 0 Å². The third kappa shape index (κ3) is 7.91. The van der Waals surface area contributed by atoms with Crippen molar-refractivity contribution >= 4 is 12.0 Å². The number of carbonyl (C=O) groups excluding carboxylic acids is 1. The zero-order chi connectivity index (χ0) is 15.7. The molecule has 1 aromatic rings. The number of carboxylic acid groups (broad SMARTS) is 1. The molecular formula is C13H22N4O4. The number of hydrogen-bond acceptors (Lipinski definition) is 5. The number of aryl methyl sites for hydroxylation is 1. The largest absolute Gasteiger partial charge is 0.481 e. The number of aromatic nitrogens is 2. The van der Waals surface area contributed by atoms with Crippen molar-refractivity contribution in [3.8, 4) is 0 Å². The SMILES string of the molecule is Cc1nc(CCNC(=O)NCCC(C)CCC(=O)O)no1. The van der Waals surface area contributed by atoms with E-state index in [-0.39, 0.29) is 18.4 Å². The van der Waals surface area contributed by atoms with Crippen molar-refractivity contribution in [1.82, 2.24) is 20.8 Å². The third-order valence-electron chi connectivity index (χ3n) is 2.98. The minimum Gasteiger partial charge on any atom is -0.481 e. The number of carboxylic acids is 1. The van der Waals surface area contributed by atoms with Crippen LogP contribution in [0.4, 0.5) is 4.79 Å². The zero-order valence-electron chi connectivity index (χ0n) is 12.4. The van der Waals surface area contributed by atoms with Crippen LogP contribution in [-0.4, -0.2) is 40.3 Å². The van der Waals surface area contributed by atoms with E-state index in [1.807, 2.05) is 6.92 Å². The Labute approximate surface area is 123 Å². The number of amides is 2. The van der Waals surface area contributed by atoms with Crippen molar-refractivity contribution < 1.29 is 19.2 Å². The summed E-state index contributed by atoms with van der Waals surface area (Å²) in [4.78, 5) is 26.0. The first kappa shape index (κ1) is 16.9. The second-order valence-electron chi connectivity index (χ2n) is 4.99. The third-order valence-corrected chi connectivity index (χ3v) is 2.98. The Balaban J connectivity index is 2.04. The fourth-order valence-corrected chi connectivity index (χ4v) is 1.74. The number of rotatable bonds is 9. The normalized spacial score (nSPS) is 11.9. The maximum absolute atomic E-state index is 11.5. The van der Waals surface area contributed by atoms with E-state index in [1.54, 1.807) is 6.92 Å². The zero-order valence-corrected chi connectivity index (χ0v) is 12.4. The molecule has 0 bridgehead atoms. The fraction of sp³-hybridized carbons (Fsp3) is 0.692. The summed E-state index contributed by atoms with van der Waals surface area (Å²) in [6, 6.07) is -0.249. The van der Waals surface area contributed by atoms with E-state index in [4.69, 9.17) is 9.63 Å². The Kier molecular flexibility index (Phi) is 7.20. The monoisotopic (exact) mass is 298 g/mol. The van der Waals surface area contributed by atoms with E-state index in [1.165, 1.54) is 0 Å². The van der Waals surface area contributed by atoms with Crippen LogP contribution in [0.2, 0.25) is 0 Å². The van der Waals surface area contributed by atoms with Crippen molar-refractivity contribution in [1.29, 1.82) is 0 Å². The predicted octanol–water partition coefficient (Wildman–Crippen LogP) is 1.11. The highest BCUT2D eigenvalue weighted by Crippen LogP contribution is 2.08. The number of aliphatic carboxylic acids is 1. The Hall–Kier alpha value is -2.12. The molecule has 21 heavy (non-hydrogen) atoms. The van der Waals surface area contributed by atoms with Gasteiger partial charge in [-0.15, -0.1) is 0 Å². The molecule has 2 amide bonds. The van der Waals surface area contributed by atoms with Gasteiger partial charge in [-0.3, -0.25) is 4.79 Å². The van der Waals surface area contributed by atoms with Crippen molar-refractivity contribution in [2.45, 2.75) is 39.5 Å². The van der Waals surface area contributed by atoms with Gasteiger partial charge in [0, 0.05) is 32.9 Å². The number of carbonyl (C=O) groups is 2. The maximum atomic E-state index is 11.5. The summed E-state index contributed by atoms with van der Waals surface area (Å²) in [5, 5.41) is 17.7. The van der Waals surface area contributed by atoms with Crippen LogP contribution in [0.5, 0.6) is 0 Å². The average molecular weight is 298 g/mol. The lowest BCUT2D eigenvalue weighted by Gasteiger charge is -2.11. The molecule has 0 saturated heterocycles. The van der Waals surface area contributed by atoms with Gasteiger partial charge in [0.15, 0.2) is 5.82 Å². The van der Waals surface area contributed by atoms with Gasteiger partial charge in [-0.1, -0.05) is 12.1 Å². The summed E-state index contributed by atoms with van der Waals surface area (Å²) in [6.07, 6.45) is 2.05. The van der Waals surface area contributed by atoms with Gasteiger partial charge in [-0.2, -0.15) is 4.98 Å². The molecule has 3 N–H and O–H groups in total. The topological polar surface area (TPSA) is 117 Å². The fourth-order valence-electron chi connectivity index (χ4n) is 1.74. The summed E-state index contributed by atoms with van der Waals surface area (Å²) in [6.45, 7) is 4.64. The standard InChI is InChI=1S/C13H22N4O4/c1-9(3-4-12(18)19)5-7-14-13(20)15-8-6-11-16-10(2)21-17-11/h9H,3-8H2,1-2H3,(H,18,19)(H2,14,15,20). The van der Waals surface area contributed by atoms with E-state index in [9.17, 15) is 9.59 Å². The van der Waals surface area contributed by atoms with Crippen LogP contribution in [0, 0.1) is 12.8 Å². The van der Waals surface area contributed by atoms with Crippen LogP contribution in [-0.2, 0) is 11.2 Å². The van der Waals surface area contributed by atoms with E-state index in [0.29, 0.717) is 37.6 Å². The van der Waals surface area contributed by atoms with Crippen LogP contribution in [0.15, 0.2) is 4.52 Å². The Bertz CT molecular complexity index is 461. The maximum Gasteiger partial charge on any atom is 0.314 e. The quantitative estimate of drug-likeness (QED) is 0.628. The molecule has 8 nitrogen and oxygen atoms in total.